The Labute approximate surface area is 285 Å². The number of hydrogen-bond acceptors (Lipinski definition) is 0. The Morgan fingerprint density at radius 2 is 0.816 bits per heavy atom. The van der Waals surface area contributed by atoms with E-state index in [0.29, 0.717) is 0 Å². The second-order valence-corrected chi connectivity index (χ2v) is 13.4. The third kappa shape index (κ3) is 4.45. The topological polar surface area (TPSA) is 0 Å². The molecular formula is C49H32. The summed E-state index contributed by atoms with van der Waals surface area (Å²) < 4.78 is 0. The minimum absolute atomic E-state index is 1.23. The minimum atomic E-state index is 1.23. The Morgan fingerprint density at radius 1 is 0.265 bits per heavy atom. The van der Waals surface area contributed by atoms with Crippen LogP contribution in [0.2, 0.25) is 0 Å². The van der Waals surface area contributed by atoms with Gasteiger partial charge in [0.15, 0.2) is 0 Å². The molecule has 0 nitrogen and oxygen atoms in total. The van der Waals surface area contributed by atoms with Crippen LogP contribution in [0, 0.1) is 6.92 Å². The molecule has 228 valence electrons. The molecule has 0 aliphatic rings. The molecule has 0 saturated carbocycles. The molecule has 0 aliphatic carbocycles. The van der Waals surface area contributed by atoms with Gasteiger partial charge in [-0.3, -0.25) is 0 Å². The predicted molar refractivity (Wildman–Crippen MR) is 213 cm³/mol. The summed E-state index contributed by atoms with van der Waals surface area (Å²) in [4.78, 5) is 0. The van der Waals surface area contributed by atoms with Crippen molar-refractivity contribution in [3.63, 3.8) is 0 Å². The van der Waals surface area contributed by atoms with Gasteiger partial charge in [0.05, 0.1) is 0 Å². The quantitative estimate of drug-likeness (QED) is 0.136. The summed E-state index contributed by atoms with van der Waals surface area (Å²) in [5.74, 6) is 0. The number of aryl methyl sites for hydroxylation is 1. The molecule has 0 atom stereocenters. The fourth-order valence-corrected chi connectivity index (χ4v) is 8.12. The summed E-state index contributed by atoms with van der Waals surface area (Å²) in [6.07, 6.45) is 0. The molecule has 0 heterocycles. The molecule has 10 aromatic rings. The monoisotopic (exact) mass is 620 g/mol. The maximum atomic E-state index is 2.39. The molecule has 0 fully saturated rings. The zero-order chi connectivity index (χ0) is 32.5. The van der Waals surface area contributed by atoms with E-state index in [1.807, 2.05) is 0 Å². The SMILES string of the molecule is Cc1ccc2c(-c3ccc(-c4cccc5ccccc45)cc3)c3ccccc3c(-c3ccc4c(ccc5cc6ccccc6cc54)c3)c2c1. The lowest BCUT2D eigenvalue weighted by atomic mass is 9.84. The van der Waals surface area contributed by atoms with Crippen molar-refractivity contribution < 1.29 is 0 Å². The highest BCUT2D eigenvalue weighted by Crippen LogP contribution is 2.45. The lowest BCUT2D eigenvalue weighted by Gasteiger charge is -2.19. The van der Waals surface area contributed by atoms with Gasteiger partial charge >= 0.3 is 0 Å². The van der Waals surface area contributed by atoms with E-state index in [4.69, 9.17) is 0 Å². The smallest absolute Gasteiger partial charge is 0.00261 e. The fourth-order valence-electron chi connectivity index (χ4n) is 8.12. The molecule has 0 aromatic heterocycles. The molecular weight excluding hydrogens is 589 g/mol. The van der Waals surface area contributed by atoms with Crippen LogP contribution in [0.25, 0.3) is 98.0 Å². The molecule has 0 radical (unpaired) electrons. The Balaban J connectivity index is 1.18. The van der Waals surface area contributed by atoms with Crippen LogP contribution in [-0.4, -0.2) is 0 Å². The second-order valence-electron chi connectivity index (χ2n) is 13.4. The number of hydrogen-bond donors (Lipinski definition) is 0. The lowest BCUT2D eigenvalue weighted by molar-refractivity contribution is 1.51. The van der Waals surface area contributed by atoms with Crippen molar-refractivity contribution >= 4 is 64.6 Å². The average Bonchev–Trinajstić information content (AvgIpc) is 3.15. The van der Waals surface area contributed by atoms with Crippen molar-refractivity contribution in [2.24, 2.45) is 0 Å². The van der Waals surface area contributed by atoms with Crippen LogP contribution in [0.4, 0.5) is 0 Å². The molecule has 0 aliphatic heterocycles. The van der Waals surface area contributed by atoms with Gasteiger partial charge in [0, 0.05) is 0 Å². The van der Waals surface area contributed by atoms with Crippen LogP contribution in [0.15, 0.2) is 176 Å². The second kappa shape index (κ2) is 10.9. The summed E-state index contributed by atoms with van der Waals surface area (Å²) in [5, 5.41) is 15.4. The van der Waals surface area contributed by atoms with Gasteiger partial charge in [0.25, 0.3) is 0 Å². The Kier molecular flexibility index (Phi) is 6.19. The first-order valence-corrected chi connectivity index (χ1v) is 17.1. The van der Waals surface area contributed by atoms with Crippen LogP contribution < -0.4 is 0 Å². The van der Waals surface area contributed by atoms with E-state index < -0.39 is 0 Å². The van der Waals surface area contributed by atoms with Crippen LogP contribution in [0.3, 0.4) is 0 Å². The van der Waals surface area contributed by atoms with E-state index in [-0.39, 0.29) is 0 Å². The highest BCUT2D eigenvalue weighted by molar-refractivity contribution is 6.22. The Bertz CT molecular complexity index is 2920. The van der Waals surface area contributed by atoms with Gasteiger partial charge < -0.3 is 0 Å². The normalized spacial score (nSPS) is 11.8. The summed E-state index contributed by atoms with van der Waals surface area (Å²) in [6, 6.07) is 65.3. The molecule has 0 heteroatoms. The van der Waals surface area contributed by atoms with Crippen molar-refractivity contribution in [2.45, 2.75) is 6.92 Å². The van der Waals surface area contributed by atoms with Gasteiger partial charge in [-0.25, -0.2) is 0 Å². The van der Waals surface area contributed by atoms with E-state index in [0.717, 1.165) is 0 Å². The largest absolute Gasteiger partial charge is 0.0616 e. The van der Waals surface area contributed by atoms with Gasteiger partial charge in [0.1, 0.15) is 0 Å². The van der Waals surface area contributed by atoms with E-state index in [9.17, 15) is 0 Å². The van der Waals surface area contributed by atoms with Gasteiger partial charge in [-0.15, -0.1) is 0 Å². The number of fused-ring (bicyclic) bond motifs is 7. The molecule has 10 aromatic carbocycles. The first-order chi connectivity index (χ1) is 24.2. The summed E-state index contributed by atoms with van der Waals surface area (Å²) in [5.41, 5.74) is 8.83. The highest BCUT2D eigenvalue weighted by Gasteiger charge is 2.18. The zero-order valence-electron chi connectivity index (χ0n) is 27.2. The lowest BCUT2D eigenvalue weighted by Crippen LogP contribution is -1.92. The van der Waals surface area contributed by atoms with E-state index in [1.165, 1.54) is 104 Å². The molecule has 0 saturated heterocycles. The molecule has 0 amide bonds. The van der Waals surface area contributed by atoms with Crippen molar-refractivity contribution in [1.82, 2.24) is 0 Å². The van der Waals surface area contributed by atoms with Crippen molar-refractivity contribution in [2.75, 3.05) is 0 Å². The van der Waals surface area contributed by atoms with Crippen LogP contribution in [0.1, 0.15) is 5.56 Å². The molecule has 0 bridgehead atoms. The maximum absolute atomic E-state index is 2.39. The average molecular weight is 621 g/mol. The molecule has 0 unspecified atom stereocenters. The molecule has 10 rings (SSSR count). The molecule has 0 N–H and O–H groups in total. The van der Waals surface area contributed by atoms with Gasteiger partial charge in [-0.05, 0) is 123 Å². The summed E-state index contributed by atoms with van der Waals surface area (Å²) in [7, 11) is 0. The summed E-state index contributed by atoms with van der Waals surface area (Å²) >= 11 is 0. The van der Waals surface area contributed by atoms with Gasteiger partial charge in [-0.1, -0.05) is 163 Å². The van der Waals surface area contributed by atoms with Crippen molar-refractivity contribution in [3.8, 4) is 33.4 Å². The summed E-state index contributed by atoms with van der Waals surface area (Å²) in [6.45, 7) is 2.20. The first-order valence-electron chi connectivity index (χ1n) is 17.1. The number of benzene rings is 10. The van der Waals surface area contributed by atoms with Crippen molar-refractivity contribution in [3.05, 3.63) is 181 Å². The first kappa shape index (κ1) is 27.8. The van der Waals surface area contributed by atoms with E-state index in [1.54, 1.807) is 0 Å². The van der Waals surface area contributed by atoms with Crippen molar-refractivity contribution in [1.29, 1.82) is 0 Å². The Hall–Kier alpha value is -6.24. The van der Waals surface area contributed by atoms with Crippen LogP contribution in [-0.2, 0) is 0 Å². The standard InChI is InChI=1S/C49H32/c1-31-17-25-45-47(27-31)49(39-24-26-42-37(29-39)22-23-38-28-35-10-2-3-11-36(35)30-46(38)42)44-15-7-6-14-43(44)48(45)34-20-18-33(19-21-34)41-16-8-12-32-9-4-5-13-40(32)41/h2-30H,1H3. The predicted octanol–water partition coefficient (Wildman–Crippen LogP) is 13.9. The maximum Gasteiger partial charge on any atom is -0.00261 e. The third-order valence-electron chi connectivity index (χ3n) is 10.4. The third-order valence-corrected chi connectivity index (χ3v) is 10.4. The fraction of sp³-hybridized carbons (Fsp3) is 0.0204. The Morgan fingerprint density at radius 3 is 1.59 bits per heavy atom. The van der Waals surface area contributed by atoms with Crippen LogP contribution >= 0.6 is 0 Å². The van der Waals surface area contributed by atoms with Gasteiger partial charge in [0.2, 0.25) is 0 Å². The molecule has 49 heavy (non-hydrogen) atoms. The van der Waals surface area contributed by atoms with E-state index in [2.05, 4.69) is 183 Å². The minimum Gasteiger partial charge on any atom is -0.0616 e. The highest BCUT2D eigenvalue weighted by atomic mass is 14.2. The zero-order valence-corrected chi connectivity index (χ0v) is 27.2. The molecule has 0 spiro atoms. The number of rotatable bonds is 3. The van der Waals surface area contributed by atoms with Gasteiger partial charge in [-0.2, -0.15) is 0 Å². The van der Waals surface area contributed by atoms with E-state index >= 15 is 0 Å². The van der Waals surface area contributed by atoms with Crippen LogP contribution in [0.5, 0.6) is 0 Å².